The topological polar surface area (TPSA) is 46.5 Å². The molecular formula is C12H12O3. The molecule has 0 aliphatic heterocycles. The number of benzene rings is 1. The van der Waals surface area contributed by atoms with Gasteiger partial charge in [-0.05, 0) is 23.8 Å². The highest BCUT2D eigenvalue weighted by Gasteiger charge is 1.93. The van der Waals surface area contributed by atoms with Crippen molar-refractivity contribution in [2.45, 2.75) is 0 Å². The van der Waals surface area contributed by atoms with Gasteiger partial charge in [0.1, 0.15) is 12.4 Å². The van der Waals surface area contributed by atoms with E-state index in [0.29, 0.717) is 12.4 Å². The minimum atomic E-state index is -0.965. The van der Waals surface area contributed by atoms with Crippen molar-refractivity contribution in [3.05, 3.63) is 48.6 Å². The molecule has 0 atom stereocenters. The fraction of sp³-hybridized carbons (Fsp3) is 0.0833. The summed E-state index contributed by atoms with van der Waals surface area (Å²) < 4.78 is 5.30. The summed E-state index contributed by atoms with van der Waals surface area (Å²) in [6.45, 7) is 3.98. The second kappa shape index (κ2) is 5.65. The second-order valence-electron chi connectivity index (χ2n) is 2.84. The number of hydrogen-bond acceptors (Lipinski definition) is 2. The van der Waals surface area contributed by atoms with Crippen molar-refractivity contribution in [1.29, 1.82) is 0 Å². The summed E-state index contributed by atoms with van der Waals surface area (Å²) in [6.07, 6.45) is 4.26. The standard InChI is InChI=1S/C12H12O3/c1-2-8-15-11-5-3-4-10(9-11)6-7-12(13)14/h2-7,9H,1,8H2,(H,13,14). The molecule has 0 fully saturated rings. The summed E-state index contributed by atoms with van der Waals surface area (Å²) in [5.74, 6) is -0.269. The van der Waals surface area contributed by atoms with E-state index in [2.05, 4.69) is 6.58 Å². The smallest absolute Gasteiger partial charge is 0.328 e. The number of aliphatic carboxylic acids is 1. The van der Waals surface area contributed by atoms with Crippen LogP contribution in [0.25, 0.3) is 6.08 Å². The number of carboxylic acids is 1. The number of rotatable bonds is 5. The van der Waals surface area contributed by atoms with E-state index in [0.717, 1.165) is 11.6 Å². The van der Waals surface area contributed by atoms with Crippen LogP contribution in [0.2, 0.25) is 0 Å². The average molecular weight is 204 g/mol. The highest BCUT2D eigenvalue weighted by atomic mass is 16.5. The van der Waals surface area contributed by atoms with Crippen LogP contribution in [0.4, 0.5) is 0 Å². The molecule has 3 nitrogen and oxygen atoms in total. The van der Waals surface area contributed by atoms with E-state index < -0.39 is 5.97 Å². The molecule has 0 spiro atoms. The maximum absolute atomic E-state index is 10.3. The first-order valence-corrected chi connectivity index (χ1v) is 4.47. The lowest BCUT2D eigenvalue weighted by atomic mass is 10.2. The molecule has 0 saturated carbocycles. The van der Waals surface area contributed by atoms with E-state index in [1.807, 2.05) is 6.07 Å². The zero-order valence-corrected chi connectivity index (χ0v) is 8.22. The van der Waals surface area contributed by atoms with E-state index >= 15 is 0 Å². The minimum absolute atomic E-state index is 0.437. The Morgan fingerprint density at radius 1 is 1.53 bits per heavy atom. The molecule has 1 aromatic rings. The quantitative estimate of drug-likeness (QED) is 0.591. The maximum atomic E-state index is 10.3. The van der Waals surface area contributed by atoms with Crippen molar-refractivity contribution in [3.63, 3.8) is 0 Å². The van der Waals surface area contributed by atoms with Gasteiger partial charge in [-0.3, -0.25) is 0 Å². The van der Waals surface area contributed by atoms with Crippen molar-refractivity contribution in [2.75, 3.05) is 6.61 Å². The van der Waals surface area contributed by atoms with Crippen LogP contribution in [0, 0.1) is 0 Å². The van der Waals surface area contributed by atoms with Crippen LogP contribution in [0.5, 0.6) is 5.75 Å². The minimum Gasteiger partial charge on any atom is -0.490 e. The van der Waals surface area contributed by atoms with Crippen molar-refractivity contribution < 1.29 is 14.6 Å². The van der Waals surface area contributed by atoms with Crippen molar-refractivity contribution >= 4 is 12.0 Å². The van der Waals surface area contributed by atoms with Gasteiger partial charge in [0.2, 0.25) is 0 Å². The zero-order chi connectivity index (χ0) is 11.1. The summed E-state index contributed by atoms with van der Waals surface area (Å²) in [5, 5.41) is 8.45. The van der Waals surface area contributed by atoms with Crippen molar-refractivity contribution in [1.82, 2.24) is 0 Å². The molecule has 0 saturated heterocycles. The van der Waals surface area contributed by atoms with Gasteiger partial charge in [-0.15, -0.1) is 0 Å². The van der Waals surface area contributed by atoms with Gasteiger partial charge in [0, 0.05) is 6.08 Å². The van der Waals surface area contributed by atoms with Gasteiger partial charge in [-0.1, -0.05) is 24.8 Å². The van der Waals surface area contributed by atoms with Gasteiger partial charge >= 0.3 is 5.97 Å². The van der Waals surface area contributed by atoms with Crippen LogP contribution >= 0.6 is 0 Å². The van der Waals surface area contributed by atoms with E-state index in [4.69, 9.17) is 9.84 Å². The molecular weight excluding hydrogens is 192 g/mol. The normalized spacial score (nSPS) is 10.1. The molecule has 3 heteroatoms. The molecule has 0 radical (unpaired) electrons. The molecule has 15 heavy (non-hydrogen) atoms. The third-order valence-corrected chi connectivity index (χ3v) is 1.64. The van der Waals surface area contributed by atoms with Crippen LogP contribution in [0.3, 0.4) is 0 Å². The average Bonchev–Trinajstić information content (AvgIpc) is 2.24. The van der Waals surface area contributed by atoms with Gasteiger partial charge < -0.3 is 9.84 Å². The largest absolute Gasteiger partial charge is 0.490 e. The Labute approximate surface area is 88.3 Å². The summed E-state index contributed by atoms with van der Waals surface area (Å²) in [6, 6.07) is 7.19. The number of hydrogen-bond donors (Lipinski definition) is 1. The lowest BCUT2D eigenvalue weighted by molar-refractivity contribution is -0.131. The second-order valence-corrected chi connectivity index (χ2v) is 2.84. The Morgan fingerprint density at radius 2 is 2.33 bits per heavy atom. The molecule has 1 aromatic carbocycles. The van der Waals surface area contributed by atoms with Crippen LogP contribution in [-0.4, -0.2) is 17.7 Å². The molecule has 1 rings (SSSR count). The molecule has 0 amide bonds. The Hall–Kier alpha value is -2.03. The lowest BCUT2D eigenvalue weighted by Gasteiger charge is -2.03. The fourth-order valence-electron chi connectivity index (χ4n) is 1.03. The van der Waals surface area contributed by atoms with Crippen LogP contribution in [0.1, 0.15) is 5.56 Å². The van der Waals surface area contributed by atoms with E-state index in [1.54, 1.807) is 24.3 Å². The third kappa shape index (κ3) is 4.13. The van der Waals surface area contributed by atoms with Gasteiger partial charge in [-0.2, -0.15) is 0 Å². The first-order chi connectivity index (χ1) is 7.22. The van der Waals surface area contributed by atoms with Gasteiger partial charge in [0.15, 0.2) is 0 Å². The highest BCUT2D eigenvalue weighted by molar-refractivity contribution is 5.85. The molecule has 1 N–H and O–H groups in total. The zero-order valence-electron chi connectivity index (χ0n) is 8.22. The summed E-state index contributed by atoms with van der Waals surface area (Å²) in [5.41, 5.74) is 0.791. The predicted molar refractivity (Wildman–Crippen MR) is 58.8 cm³/mol. The van der Waals surface area contributed by atoms with Gasteiger partial charge in [0.25, 0.3) is 0 Å². The number of carboxylic acid groups (broad SMARTS) is 1. The number of carbonyl (C=O) groups is 1. The third-order valence-electron chi connectivity index (χ3n) is 1.64. The van der Waals surface area contributed by atoms with E-state index in [9.17, 15) is 4.79 Å². The molecule has 0 aliphatic carbocycles. The molecule has 0 unspecified atom stereocenters. The monoisotopic (exact) mass is 204 g/mol. The van der Waals surface area contributed by atoms with Gasteiger partial charge in [0.05, 0.1) is 0 Å². The molecule has 0 bridgehead atoms. The van der Waals surface area contributed by atoms with E-state index in [1.165, 1.54) is 6.08 Å². The summed E-state index contributed by atoms with van der Waals surface area (Å²) >= 11 is 0. The van der Waals surface area contributed by atoms with Crippen LogP contribution < -0.4 is 4.74 Å². The lowest BCUT2D eigenvalue weighted by Crippen LogP contribution is -1.92. The predicted octanol–water partition coefficient (Wildman–Crippen LogP) is 2.35. The first kappa shape index (κ1) is 11.0. The molecule has 78 valence electrons. The van der Waals surface area contributed by atoms with Gasteiger partial charge in [-0.25, -0.2) is 4.79 Å². The van der Waals surface area contributed by atoms with Crippen LogP contribution in [0.15, 0.2) is 43.0 Å². The Morgan fingerprint density at radius 3 is 3.00 bits per heavy atom. The Bertz CT molecular complexity index is 380. The molecule has 0 aromatic heterocycles. The summed E-state index contributed by atoms with van der Waals surface area (Å²) in [7, 11) is 0. The van der Waals surface area contributed by atoms with Crippen LogP contribution in [-0.2, 0) is 4.79 Å². The van der Waals surface area contributed by atoms with Crippen molar-refractivity contribution in [2.24, 2.45) is 0 Å². The Balaban J connectivity index is 2.73. The summed E-state index contributed by atoms with van der Waals surface area (Å²) in [4.78, 5) is 10.3. The highest BCUT2D eigenvalue weighted by Crippen LogP contribution is 2.14. The fourth-order valence-corrected chi connectivity index (χ4v) is 1.03. The number of ether oxygens (including phenoxy) is 1. The van der Waals surface area contributed by atoms with E-state index in [-0.39, 0.29) is 0 Å². The maximum Gasteiger partial charge on any atom is 0.328 e. The first-order valence-electron chi connectivity index (χ1n) is 4.47. The van der Waals surface area contributed by atoms with Crippen molar-refractivity contribution in [3.8, 4) is 5.75 Å². The Kier molecular flexibility index (Phi) is 4.16. The molecule has 0 heterocycles. The SMILES string of the molecule is C=CCOc1cccc(C=CC(=O)O)c1. The molecule has 0 aliphatic rings.